The van der Waals surface area contributed by atoms with Crippen LogP contribution in [0.1, 0.15) is 33.6 Å². The molecule has 0 bridgehead atoms. The molecule has 0 saturated heterocycles. The van der Waals surface area contributed by atoms with Crippen molar-refractivity contribution in [2.75, 3.05) is 6.61 Å². The zero-order valence-electron chi connectivity index (χ0n) is 12.8. The molecule has 0 fully saturated rings. The highest BCUT2D eigenvalue weighted by molar-refractivity contribution is 6.76. The number of allylic oxidation sites excluding steroid dienone is 3. The summed E-state index contributed by atoms with van der Waals surface area (Å²) in [5, 5.41) is 0. The lowest BCUT2D eigenvalue weighted by atomic mass is 10.1. The molecular formula is C15H28O2Si. The topological polar surface area (TPSA) is 26.3 Å². The first-order valence-electron chi connectivity index (χ1n) is 6.65. The summed E-state index contributed by atoms with van der Waals surface area (Å²) in [6.45, 7) is 13.2. The van der Waals surface area contributed by atoms with E-state index in [2.05, 4.69) is 45.6 Å². The highest BCUT2D eigenvalue weighted by atomic mass is 28.3. The first-order chi connectivity index (χ1) is 8.20. The van der Waals surface area contributed by atoms with Gasteiger partial charge in [0.2, 0.25) is 0 Å². The quantitative estimate of drug-likeness (QED) is 0.384. The summed E-state index contributed by atoms with van der Waals surface area (Å²) in [5.41, 5.74) is 2.80. The molecule has 0 radical (unpaired) electrons. The maximum absolute atomic E-state index is 10.8. The van der Waals surface area contributed by atoms with Crippen molar-refractivity contribution in [2.45, 2.75) is 59.3 Å². The van der Waals surface area contributed by atoms with Crippen LogP contribution in [0.25, 0.3) is 0 Å². The molecule has 0 unspecified atom stereocenters. The van der Waals surface area contributed by atoms with Gasteiger partial charge in [-0.15, -0.1) is 0 Å². The van der Waals surface area contributed by atoms with Gasteiger partial charge in [-0.25, -0.2) is 0 Å². The molecule has 3 heteroatoms. The highest BCUT2D eigenvalue weighted by Gasteiger charge is 2.15. The highest BCUT2D eigenvalue weighted by Crippen LogP contribution is 2.20. The lowest BCUT2D eigenvalue weighted by Gasteiger charge is -2.18. The van der Waals surface area contributed by atoms with Crippen molar-refractivity contribution < 1.29 is 9.53 Å². The van der Waals surface area contributed by atoms with Gasteiger partial charge in [-0.3, -0.25) is 4.79 Å². The largest absolute Gasteiger partial charge is 0.462 e. The molecule has 0 aromatic rings. The van der Waals surface area contributed by atoms with Gasteiger partial charge in [0.25, 0.3) is 0 Å². The molecule has 0 aliphatic rings. The van der Waals surface area contributed by atoms with Crippen molar-refractivity contribution in [2.24, 2.45) is 0 Å². The fraction of sp³-hybridized carbons (Fsp3) is 0.667. The molecule has 0 aliphatic carbocycles. The SMILES string of the molecule is CC(=O)OC/C=C(/CCC=C(C)C)C[Si](C)(C)C. The maximum atomic E-state index is 10.8. The van der Waals surface area contributed by atoms with E-state index in [1.54, 1.807) is 0 Å². The number of hydrogen-bond donors (Lipinski definition) is 0. The minimum Gasteiger partial charge on any atom is -0.462 e. The van der Waals surface area contributed by atoms with E-state index in [0.29, 0.717) is 6.61 Å². The Hall–Kier alpha value is -0.833. The fourth-order valence-corrected chi connectivity index (χ4v) is 3.45. The fourth-order valence-electron chi connectivity index (χ4n) is 1.77. The molecule has 0 aromatic carbocycles. The van der Waals surface area contributed by atoms with E-state index >= 15 is 0 Å². The van der Waals surface area contributed by atoms with E-state index < -0.39 is 8.07 Å². The Morgan fingerprint density at radius 3 is 2.17 bits per heavy atom. The third kappa shape index (κ3) is 11.6. The molecule has 0 aliphatic heterocycles. The molecule has 18 heavy (non-hydrogen) atoms. The van der Waals surface area contributed by atoms with Crippen molar-refractivity contribution in [3.8, 4) is 0 Å². The molecule has 104 valence electrons. The number of esters is 1. The first kappa shape index (κ1) is 17.2. The Morgan fingerprint density at radius 2 is 1.72 bits per heavy atom. The summed E-state index contributed by atoms with van der Waals surface area (Å²) in [4.78, 5) is 10.8. The summed E-state index contributed by atoms with van der Waals surface area (Å²) < 4.78 is 5.00. The molecule has 0 saturated carbocycles. The Kier molecular flexibility index (Phi) is 7.92. The van der Waals surface area contributed by atoms with Gasteiger partial charge < -0.3 is 4.74 Å². The second-order valence-corrected chi connectivity index (χ2v) is 11.7. The molecule has 0 amide bonds. The van der Waals surface area contributed by atoms with Crippen molar-refractivity contribution >= 4 is 14.0 Å². The van der Waals surface area contributed by atoms with Gasteiger partial charge in [-0.05, 0) is 38.8 Å². The van der Waals surface area contributed by atoms with Crippen LogP contribution in [0.2, 0.25) is 25.7 Å². The van der Waals surface area contributed by atoms with Crippen LogP contribution in [-0.4, -0.2) is 20.7 Å². The first-order valence-corrected chi connectivity index (χ1v) is 10.4. The Bertz CT molecular complexity index is 318. The normalized spacial score (nSPS) is 12.2. The Balaban J connectivity index is 4.42. The summed E-state index contributed by atoms with van der Waals surface area (Å²) >= 11 is 0. The average Bonchev–Trinajstić information content (AvgIpc) is 2.13. The van der Waals surface area contributed by atoms with Crippen molar-refractivity contribution in [3.05, 3.63) is 23.3 Å². The molecule has 0 aromatic heterocycles. The van der Waals surface area contributed by atoms with Gasteiger partial charge in [-0.2, -0.15) is 0 Å². The molecule has 0 N–H and O–H groups in total. The molecular weight excluding hydrogens is 240 g/mol. The number of carbonyl (C=O) groups excluding carboxylic acids is 1. The molecule has 0 spiro atoms. The van der Waals surface area contributed by atoms with Crippen LogP contribution in [-0.2, 0) is 9.53 Å². The van der Waals surface area contributed by atoms with Crippen LogP contribution >= 0.6 is 0 Å². The van der Waals surface area contributed by atoms with Crippen LogP contribution in [0.4, 0.5) is 0 Å². The van der Waals surface area contributed by atoms with Crippen LogP contribution in [0.15, 0.2) is 23.3 Å². The predicted molar refractivity (Wildman–Crippen MR) is 81.5 cm³/mol. The third-order valence-electron chi connectivity index (χ3n) is 2.43. The molecule has 0 heterocycles. The van der Waals surface area contributed by atoms with Crippen LogP contribution in [0, 0.1) is 0 Å². The van der Waals surface area contributed by atoms with Gasteiger partial charge >= 0.3 is 5.97 Å². The van der Waals surface area contributed by atoms with E-state index in [-0.39, 0.29) is 5.97 Å². The van der Waals surface area contributed by atoms with Crippen molar-refractivity contribution in [1.82, 2.24) is 0 Å². The van der Waals surface area contributed by atoms with Crippen LogP contribution in [0.5, 0.6) is 0 Å². The van der Waals surface area contributed by atoms with Gasteiger partial charge in [-0.1, -0.05) is 36.9 Å². The van der Waals surface area contributed by atoms with E-state index in [1.165, 1.54) is 24.1 Å². The van der Waals surface area contributed by atoms with Crippen LogP contribution in [0.3, 0.4) is 0 Å². The molecule has 2 nitrogen and oxygen atoms in total. The zero-order chi connectivity index (χ0) is 14.2. The number of rotatable bonds is 7. The van der Waals surface area contributed by atoms with Crippen LogP contribution < -0.4 is 0 Å². The minimum atomic E-state index is -1.10. The number of ether oxygens (including phenoxy) is 1. The lowest BCUT2D eigenvalue weighted by Crippen LogP contribution is -2.20. The minimum absolute atomic E-state index is 0.206. The second kappa shape index (κ2) is 8.30. The maximum Gasteiger partial charge on any atom is 0.302 e. The predicted octanol–water partition coefficient (Wildman–Crippen LogP) is 4.56. The summed E-state index contributed by atoms with van der Waals surface area (Å²) in [6.07, 6.45) is 6.53. The Morgan fingerprint density at radius 1 is 1.11 bits per heavy atom. The zero-order valence-corrected chi connectivity index (χ0v) is 13.8. The van der Waals surface area contributed by atoms with Crippen molar-refractivity contribution in [3.63, 3.8) is 0 Å². The Labute approximate surface area is 113 Å². The number of carbonyl (C=O) groups is 1. The van der Waals surface area contributed by atoms with Gasteiger partial charge in [0.05, 0.1) is 0 Å². The second-order valence-electron chi connectivity index (χ2n) is 6.22. The van der Waals surface area contributed by atoms with Gasteiger partial charge in [0.15, 0.2) is 0 Å². The van der Waals surface area contributed by atoms with Gasteiger partial charge in [0.1, 0.15) is 6.61 Å². The molecule has 0 atom stereocenters. The van der Waals surface area contributed by atoms with E-state index in [1.807, 2.05) is 0 Å². The smallest absolute Gasteiger partial charge is 0.302 e. The summed E-state index contributed by atoms with van der Waals surface area (Å²) in [6, 6.07) is 1.19. The van der Waals surface area contributed by atoms with E-state index in [4.69, 9.17) is 4.74 Å². The van der Waals surface area contributed by atoms with Crippen molar-refractivity contribution in [1.29, 1.82) is 0 Å². The summed E-state index contributed by atoms with van der Waals surface area (Å²) in [7, 11) is -1.10. The van der Waals surface area contributed by atoms with E-state index in [0.717, 1.165) is 12.8 Å². The van der Waals surface area contributed by atoms with Gasteiger partial charge in [0, 0.05) is 15.0 Å². The summed E-state index contributed by atoms with van der Waals surface area (Å²) in [5.74, 6) is -0.206. The van der Waals surface area contributed by atoms with E-state index in [9.17, 15) is 4.79 Å². The third-order valence-corrected chi connectivity index (χ3v) is 3.95. The molecule has 0 rings (SSSR count). The number of hydrogen-bond acceptors (Lipinski definition) is 2. The monoisotopic (exact) mass is 268 g/mol. The lowest BCUT2D eigenvalue weighted by molar-refractivity contribution is -0.139. The standard InChI is InChI=1S/C15H28O2Si/c1-13(2)8-7-9-15(12-18(4,5)6)10-11-17-14(3)16/h8,10H,7,9,11-12H2,1-6H3/b15-10-. The average molecular weight is 268 g/mol.